The summed E-state index contributed by atoms with van der Waals surface area (Å²) in [5.41, 5.74) is 0.0459. The molecule has 82 valence electrons. The second-order valence-electron chi connectivity index (χ2n) is 4.10. The van der Waals surface area contributed by atoms with Gasteiger partial charge in [-0.3, -0.25) is 4.90 Å². The predicted molar refractivity (Wildman–Crippen MR) is 58.6 cm³/mol. The molecule has 0 aliphatic carbocycles. The number of piperidine rings is 1. The first-order valence-electron chi connectivity index (χ1n) is 4.93. The summed E-state index contributed by atoms with van der Waals surface area (Å²) in [6.07, 6.45) is 1.61. The summed E-state index contributed by atoms with van der Waals surface area (Å²) in [5.74, 6) is 0.359. The Morgan fingerprint density at radius 2 is 2.29 bits per heavy atom. The van der Waals surface area contributed by atoms with E-state index in [9.17, 15) is 5.11 Å². The number of nitrogens with zero attached hydrogens (tertiary/aromatic N) is 1. The van der Waals surface area contributed by atoms with Crippen molar-refractivity contribution < 1.29 is 9.84 Å². The van der Waals surface area contributed by atoms with E-state index >= 15 is 0 Å². The fourth-order valence-electron chi connectivity index (χ4n) is 2.07. The molecule has 0 radical (unpaired) electrons. The number of epoxide rings is 1. The van der Waals surface area contributed by atoms with Crippen molar-refractivity contribution in [2.45, 2.75) is 35.6 Å². The van der Waals surface area contributed by atoms with Crippen LogP contribution < -0.4 is 0 Å². The molecule has 0 saturated carbocycles. The molecule has 0 amide bonds. The SMILES string of the molecule is CN1CCCC(C(Br)C2OC2O)C1Cl. The molecule has 5 unspecified atom stereocenters. The second-order valence-corrected chi connectivity index (χ2v) is 5.60. The van der Waals surface area contributed by atoms with Crippen molar-refractivity contribution in [2.75, 3.05) is 13.6 Å². The molecule has 0 aromatic rings. The smallest absolute Gasteiger partial charge is 0.182 e. The third-order valence-corrected chi connectivity index (χ3v) is 4.90. The van der Waals surface area contributed by atoms with Gasteiger partial charge in [0, 0.05) is 5.92 Å². The zero-order chi connectivity index (χ0) is 10.3. The average molecular weight is 285 g/mol. The summed E-state index contributed by atoms with van der Waals surface area (Å²) in [4.78, 5) is 2.32. The van der Waals surface area contributed by atoms with Gasteiger partial charge in [0.25, 0.3) is 0 Å². The fourth-order valence-corrected chi connectivity index (χ4v) is 3.56. The Kier molecular flexibility index (Phi) is 3.39. The predicted octanol–water partition coefficient (Wildman–Crippen LogP) is 1.37. The van der Waals surface area contributed by atoms with Gasteiger partial charge in [0.1, 0.15) is 6.10 Å². The van der Waals surface area contributed by atoms with Gasteiger partial charge in [-0.05, 0) is 26.4 Å². The maximum absolute atomic E-state index is 9.17. The average Bonchev–Trinajstić information content (AvgIpc) is 2.87. The van der Waals surface area contributed by atoms with Gasteiger partial charge in [0.05, 0.1) is 10.3 Å². The standard InChI is InChI=1S/C9H15BrClNO2/c1-12-4-2-3-5(8(12)11)6(10)7-9(13)14-7/h5-9,13H,2-4H2,1H3. The maximum Gasteiger partial charge on any atom is 0.182 e. The van der Waals surface area contributed by atoms with Crippen molar-refractivity contribution in [3.05, 3.63) is 0 Å². The number of hydrogen-bond acceptors (Lipinski definition) is 3. The van der Waals surface area contributed by atoms with Crippen LogP contribution in [-0.2, 0) is 4.74 Å². The van der Waals surface area contributed by atoms with Crippen LogP contribution in [0.3, 0.4) is 0 Å². The van der Waals surface area contributed by atoms with Gasteiger partial charge in [0.15, 0.2) is 6.29 Å². The van der Waals surface area contributed by atoms with Crippen LogP contribution in [0.2, 0.25) is 0 Å². The van der Waals surface area contributed by atoms with E-state index in [1.807, 2.05) is 7.05 Å². The molecule has 0 bridgehead atoms. The number of ether oxygens (including phenoxy) is 1. The lowest BCUT2D eigenvalue weighted by Gasteiger charge is -2.37. The van der Waals surface area contributed by atoms with Crippen molar-refractivity contribution in [1.29, 1.82) is 0 Å². The van der Waals surface area contributed by atoms with E-state index in [0.29, 0.717) is 5.92 Å². The number of alkyl halides is 2. The van der Waals surface area contributed by atoms with Crippen LogP contribution >= 0.6 is 27.5 Å². The zero-order valence-corrected chi connectivity index (χ0v) is 10.4. The summed E-state index contributed by atoms with van der Waals surface area (Å²) in [6, 6.07) is 0. The third-order valence-electron chi connectivity index (χ3n) is 3.05. The van der Waals surface area contributed by atoms with Crippen LogP contribution in [0.1, 0.15) is 12.8 Å². The first-order valence-corrected chi connectivity index (χ1v) is 6.28. The number of rotatable bonds is 2. The molecule has 2 fully saturated rings. The number of likely N-dealkylation sites (tertiary alicyclic amines) is 1. The Labute approximate surface area is 97.5 Å². The topological polar surface area (TPSA) is 36.0 Å². The van der Waals surface area contributed by atoms with E-state index in [4.69, 9.17) is 16.3 Å². The van der Waals surface area contributed by atoms with Crippen molar-refractivity contribution in [2.24, 2.45) is 5.92 Å². The molecule has 2 aliphatic rings. The van der Waals surface area contributed by atoms with Crippen LogP contribution in [0.15, 0.2) is 0 Å². The minimum Gasteiger partial charge on any atom is -0.366 e. The van der Waals surface area contributed by atoms with Crippen molar-refractivity contribution in [3.63, 3.8) is 0 Å². The first kappa shape index (κ1) is 11.1. The molecule has 5 atom stereocenters. The maximum atomic E-state index is 9.17. The van der Waals surface area contributed by atoms with Crippen LogP contribution in [-0.4, -0.2) is 46.3 Å². The molecule has 1 N–H and O–H groups in total. The van der Waals surface area contributed by atoms with Crippen molar-refractivity contribution in [3.8, 4) is 0 Å². The quantitative estimate of drug-likeness (QED) is 0.473. The monoisotopic (exact) mass is 283 g/mol. The Morgan fingerprint density at radius 1 is 1.64 bits per heavy atom. The zero-order valence-electron chi connectivity index (χ0n) is 8.07. The lowest BCUT2D eigenvalue weighted by atomic mass is 9.93. The van der Waals surface area contributed by atoms with Crippen molar-refractivity contribution >= 4 is 27.5 Å². The van der Waals surface area contributed by atoms with Gasteiger partial charge in [0.2, 0.25) is 0 Å². The lowest BCUT2D eigenvalue weighted by molar-refractivity contribution is 0.154. The lowest BCUT2D eigenvalue weighted by Crippen LogP contribution is -2.44. The van der Waals surface area contributed by atoms with E-state index in [2.05, 4.69) is 20.8 Å². The van der Waals surface area contributed by atoms with E-state index in [1.165, 1.54) is 0 Å². The molecule has 2 saturated heterocycles. The second kappa shape index (κ2) is 4.26. The molecule has 0 aromatic carbocycles. The third kappa shape index (κ3) is 2.09. The highest BCUT2D eigenvalue weighted by Crippen LogP contribution is 2.39. The van der Waals surface area contributed by atoms with Crippen molar-refractivity contribution in [1.82, 2.24) is 4.90 Å². The Morgan fingerprint density at radius 3 is 2.86 bits per heavy atom. The fraction of sp³-hybridized carbons (Fsp3) is 1.00. The van der Waals surface area contributed by atoms with E-state index in [1.54, 1.807) is 0 Å². The molecule has 0 aromatic heterocycles. The Hall–Kier alpha value is 0.650. The van der Waals surface area contributed by atoms with Gasteiger partial charge in [-0.25, -0.2) is 0 Å². The Balaban J connectivity index is 1.95. The number of hydrogen-bond donors (Lipinski definition) is 1. The molecule has 5 heteroatoms. The van der Waals surface area contributed by atoms with Crippen LogP contribution in [0.4, 0.5) is 0 Å². The molecular formula is C9H15BrClNO2. The normalized spacial score (nSPS) is 46.3. The van der Waals surface area contributed by atoms with Gasteiger partial charge in [-0.2, -0.15) is 0 Å². The van der Waals surface area contributed by atoms with E-state index in [0.717, 1.165) is 19.4 Å². The van der Waals surface area contributed by atoms with E-state index < -0.39 is 6.29 Å². The summed E-state index contributed by atoms with van der Waals surface area (Å²) in [5, 5.41) is 9.17. The van der Waals surface area contributed by atoms with Gasteiger partial charge in [-0.1, -0.05) is 15.9 Å². The van der Waals surface area contributed by atoms with Gasteiger partial charge in [-0.15, -0.1) is 11.6 Å². The Bertz CT molecular complexity index is 219. The minimum absolute atomic E-state index is 0.0459. The number of halogens is 2. The molecule has 3 nitrogen and oxygen atoms in total. The highest BCUT2D eigenvalue weighted by molar-refractivity contribution is 9.09. The molecular weight excluding hydrogens is 269 g/mol. The van der Waals surface area contributed by atoms with Crippen LogP contribution in [0, 0.1) is 5.92 Å². The molecule has 14 heavy (non-hydrogen) atoms. The summed E-state index contributed by atoms with van der Waals surface area (Å²) < 4.78 is 5.05. The summed E-state index contributed by atoms with van der Waals surface area (Å²) in [6.45, 7) is 1.05. The van der Waals surface area contributed by atoms with Gasteiger partial charge >= 0.3 is 0 Å². The highest BCUT2D eigenvalue weighted by Gasteiger charge is 2.48. The molecule has 2 rings (SSSR count). The van der Waals surface area contributed by atoms with Crippen LogP contribution in [0.5, 0.6) is 0 Å². The molecule has 2 heterocycles. The summed E-state index contributed by atoms with van der Waals surface area (Å²) >= 11 is 9.88. The molecule has 0 spiro atoms. The minimum atomic E-state index is -0.588. The first-order chi connectivity index (χ1) is 6.61. The highest BCUT2D eigenvalue weighted by atomic mass is 79.9. The number of aliphatic hydroxyl groups excluding tert-OH is 1. The van der Waals surface area contributed by atoms with Crippen LogP contribution in [0.25, 0.3) is 0 Å². The summed E-state index contributed by atoms with van der Waals surface area (Å²) in [7, 11) is 2.04. The van der Waals surface area contributed by atoms with E-state index in [-0.39, 0.29) is 16.4 Å². The number of aliphatic hydroxyl groups is 1. The largest absolute Gasteiger partial charge is 0.366 e. The van der Waals surface area contributed by atoms with Gasteiger partial charge < -0.3 is 9.84 Å². The molecule has 2 aliphatic heterocycles.